The average molecular weight is 531 g/mol. The van der Waals surface area contributed by atoms with Crippen LogP contribution in [-0.4, -0.2) is 67.8 Å². The highest BCUT2D eigenvalue weighted by molar-refractivity contribution is 9.09. The molecule has 0 saturated heterocycles. The van der Waals surface area contributed by atoms with Gasteiger partial charge in [-0.3, -0.25) is 0 Å². The SMILES string of the molecule is CCC[SiH2]C(CCCSSSCCCC(OCC)(OCC)[SiH2]CCC)(OCC)OCC. The Morgan fingerprint density at radius 2 is 0.935 bits per heavy atom. The maximum Gasteiger partial charge on any atom is 0.144 e. The van der Waals surface area contributed by atoms with Crippen LogP contribution in [0, 0.1) is 0 Å². The third kappa shape index (κ3) is 15.8. The Morgan fingerprint density at radius 1 is 0.581 bits per heavy atom. The largest absolute Gasteiger partial charge is 0.355 e. The molecule has 0 unspecified atom stereocenters. The Labute approximate surface area is 209 Å². The lowest BCUT2D eigenvalue weighted by Gasteiger charge is -2.33. The smallest absolute Gasteiger partial charge is 0.144 e. The summed E-state index contributed by atoms with van der Waals surface area (Å²) in [6.45, 7) is 15.9. The molecule has 31 heavy (non-hydrogen) atoms. The van der Waals surface area contributed by atoms with Crippen LogP contribution in [0.3, 0.4) is 0 Å². The van der Waals surface area contributed by atoms with Gasteiger partial charge >= 0.3 is 0 Å². The first-order chi connectivity index (χ1) is 15.1. The molecule has 0 heterocycles. The Balaban J connectivity index is 4.15. The topological polar surface area (TPSA) is 36.9 Å². The van der Waals surface area contributed by atoms with Crippen molar-refractivity contribution in [3.8, 4) is 0 Å². The Bertz CT molecular complexity index is 350. The molecule has 0 aromatic heterocycles. The standard InChI is InChI=1S/C22H50O4S3Si2/c1-7-19-30-21(23-9-3,24-10-4)15-13-17-27-29-28-18-14-16-22(25-11-5,26-12-6)31-20-8-2/h7-20,30-31H2,1-6H3. The Kier molecular flexibility index (Phi) is 22.8. The number of ether oxygens (including phenoxy) is 4. The van der Waals surface area contributed by atoms with E-state index in [1.165, 1.54) is 24.9 Å². The number of rotatable bonds is 24. The van der Waals surface area contributed by atoms with Gasteiger partial charge in [-0.15, -0.1) is 0 Å². The van der Waals surface area contributed by atoms with Crippen molar-refractivity contribution >= 4 is 50.5 Å². The monoisotopic (exact) mass is 530 g/mol. The van der Waals surface area contributed by atoms with Gasteiger partial charge in [-0.05, 0) is 63.2 Å². The predicted molar refractivity (Wildman–Crippen MR) is 150 cm³/mol. The van der Waals surface area contributed by atoms with Gasteiger partial charge in [0.25, 0.3) is 0 Å². The quantitative estimate of drug-likeness (QED) is 0.0653. The molecule has 188 valence electrons. The van der Waals surface area contributed by atoms with Crippen LogP contribution in [-0.2, 0) is 18.9 Å². The second-order valence-electron chi connectivity index (χ2n) is 7.68. The first-order valence-corrected chi connectivity index (χ1v) is 19.8. The molecule has 0 aliphatic heterocycles. The molecule has 0 rings (SSSR count). The summed E-state index contributed by atoms with van der Waals surface area (Å²) in [5.41, 5.74) is -0.468. The summed E-state index contributed by atoms with van der Waals surface area (Å²) in [6, 6.07) is 2.59. The molecule has 0 aromatic rings. The maximum atomic E-state index is 6.13. The molecular formula is C22H50O4S3Si2. The molecule has 0 saturated carbocycles. The summed E-state index contributed by atoms with van der Waals surface area (Å²) in [5, 5.41) is 0. The van der Waals surface area contributed by atoms with Gasteiger partial charge < -0.3 is 18.9 Å². The van der Waals surface area contributed by atoms with E-state index >= 15 is 0 Å². The van der Waals surface area contributed by atoms with Gasteiger partial charge in [-0.1, -0.05) is 60.4 Å². The van der Waals surface area contributed by atoms with E-state index in [4.69, 9.17) is 18.9 Å². The zero-order valence-electron chi connectivity index (χ0n) is 21.2. The third-order valence-electron chi connectivity index (χ3n) is 5.12. The molecule has 0 N–H and O–H groups in total. The van der Waals surface area contributed by atoms with Crippen molar-refractivity contribution in [3.63, 3.8) is 0 Å². The van der Waals surface area contributed by atoms with Gasteiger partial charge in [0.15, 0.2) is 0 Å². The first-order valence-electron chi connectivity index (χ1n) is 12.5. The molecule has 0 aliphatic rings. The van der Waals surface area contributed by atoms with Crippen molar-refractivity contribution in [1.82, 2.24) is 0 Å². The minimum Gasteiger partial charge on any atom is -0.355 e. The minimum absolute atomic E-state index is 0.234. The Morgan fingerprint density at radius 3 is 1.23 bits per heavy atom. The van der Waals surface area contributed by atoms with Gasteiger partial charge in [0.2, 0.25) is 0 Å². The van der Waals surface area contributed by atoms with Gasteiger partial charge in [0.1, 0.15) is 10.8 Å². The summed E-state index contributed by atoms with van der Waals surface area (Å²) in [7, 11) is 5.15. The minimum atomic E-state index is -0.370. The van der Waals surface area contributed by atoms with Gasteiger partial charge in [0.05, 0.1) is 19.0 Å². The highest BCUT2D eigenvalue weighted by Gasteiger charge is 2.31. The Hall–Kier alpha value is 1.32. The third-order valence-corrected chi connectivity index (χ3v) is 14.7. The molecule has 0 atom stereocenters. The molecular weight excluding hydrogens is 481 g/mol. The van der Waals surface area contributed by atoms with Crippen molar-refractivity contribution in [2.24, 2.45) is 0 Å². The molecule has 9 heteroatoms. The van der Waals surface area contributed by atoms with Gasteiger partial charge in [-0.2, -0.15) is 0 Å². The van der Waals surface area contributed by atoms with E-state index < -0.39 is 0 Å². The van der Waals surface area contributed by atoms with Crippen molar-refractivity contribution in [2.75, 3.05) is 37.9 Å². The van der Waals surface area contributed by atoms with E-state index in [9.17, 15) is 0 Å². The second-order valence-corrected chi connectivity index (χ2v) is 16.7. The summed E-state index contributed by atoms with van der Waals surface area (Å²) >= 11 is 0. The lowest BCUT2D eigenvalue weighted by Crippen LogP contribution is -2.42. The zero-order chi connectivity index (χ0) is 23.3. The van der Waals surface area contributed by atoms with Crippen LogP contribution in [0.5, 0.6) is 0 Å². The number of hydrogen-bond acceptors (Lipinski definition) is 7. The van der Waals surface area contributed by atoms with Crippen LogP contribution in [0.2, 0.25) is 12.1 Å². The van der Waals surface area contributed by atoms with Crippen LogP contribution in [0.4, 0.5) is 0 Å². The van der Waals surface area contributed by atoms with E-state index in [0.29, 0.717) is 0 Å². The predicted octanol–water partition coefficient (Wildman–Crippen LogP) is 6.02. The second kappa shape index (κ2) is 21.8. The highest BCUT2D eigenvalue weighted by Crippen LogP contribution is 2.37. The van der Waals surface area contributed by atoms with Crippen molar-refractivity contribution in [3.05, 3.63) is 0 Å². The van der Waals surface area contributed by atoms with Crippen molar-refractivity contribution in [1.29, 1.82) is 0 Å². The van der Waals surface area contributed by atoms with E-state index in [2.05, 4.69) is 41.5 Å². The van der Waals surface area contributed by atoms with Gasteiger partial charge in [-0.25, -0.2) is 0 Å². The molecule has 0 amide bonds. The first kappa shape index (κ1) is 32.3. The fraction of sp³-hybridized carbons (Fsp3) is 1.00. The van der Waals surface area contributed by atoms with E-state index in [0.717, 1.165) is 63.6 Å². The summed E-state index contributed by atoms with van der Waals surface area (Å²) in [6.07, 6.45) is 6.90. The fourth-order valence-electron chi connectivity index (χ4n) is 3.76. The van der Waals surface area contributed by atoms with E-state index in [1.807, 2.05) is 31.4 Å². The van der Waals surface area contributed by atoms with E-state index in [-0.39, 0.29) is 29.9 Å². The summed E-state index contributed by atoms with van der Waals surface area (Å²) < 4.78 is 24.5. The van der Waals surface area contributed by atoms with Crippen LogP contribution in [0.25, 0.3) is 0 Å². The molecule has 0 aromatic carbocycles. The summed E-state index contributed by atoms with van der Waals surface area (Å²) in [4.78, 5) is 0. The number of hydrogen-bond donors (Lipinski definition) is 0. The molecule has 0 spiro atoms. The average Bonchev–Trinajstić information content (AvgIpc) is 2.76. The molecule has 0 radical (unpaired) electrons. The fourth-order valence-corrected chi connectivity index (χ4v) is 11.8. The lowest BCUT2D eigenvalue weighted by molar-refractivity contribution is -0.179. The lowest BCUT2D eigenvalue weighted by atomic mass is 10.3. The van der Waals surface area contributed by atoms with E-state index in [1.54, 1.807) is 0 Å². The molecule has 0 fully saturated rings. The zero-order valence-corrected chi connectivity index (χ0v) is 26.4. The summed E-state index contributed by atoms with van der Waals surface area (Å²) in [5.74, 6) is 2.32. The van der Waals surface area contributed by atoms with Crippen LogP contribution < -0.4 is 0 Å². The van der Waals surface area contributed by atoms with Gasteiger partial charge in [0, 0.05) is 37.9 Å². The van der Waals surface area contributed by atoms with Crippen molar-refractivity contribution in [2.45, 2.75) is 103 Å². The molecule has 0 aliphatic carbocycles. The molecule has 0 bridgehead atoms. The van der Waals surface area contributed by atoms with Crippen LogP contribution in [0.15, 0.2) is 0 Å². The maximum absolute atomic E-state index is 6.13. The van der Waals surface area contributed by atoms with Crippen LogP contribution >= 0.6 is 31.4 Å². The van der Waals surface area contributed by atoms with Crippen LogP contribution in [0.1, 0.15) is 80.1 Å². The normalized spacial score (nSPS) is 13.4. The highest BCUT2D eigenvalue weighted by atomic mass is 33.5. The van der Waals surface area contributed by atoms with Crippen molar-refractivity contribution < 1.29 is 18.9 Å². The molecule has 4 nitrogen and oxygen atoms in total.